The van der Waals surface area contributed by atoms with Crippen LogP contribution in [0.4, 0.5) is 5.69 Å². The van der Waals surface area contributed by atoms with Crippen LogP contribution in [0.5, 0.6) is 11.5 Å². The van der Waals surface area contributed by atoms with Crippen molar-refractivity contribution in [3.8, 4) is 11.5 Å². The fourth-order valence-electron chi connectivity index (χ4n) is 1.42. The van der Waals surface area contributed by atoms with E-state index in [-0.39, 0.29) is 0 Å². The van der Waals surface area contributed by atoms with Gasteiger partial charge in [-0.15, -0.1) is 5.11 Å². The van der Waals surface area contributed by atoms with Gasteiger partial charge in [-0.1, -0.05) is 28.4 Å². The fourth-order valence-corrected chi connectivity index (χ4v) is 1.71. The molecule has 0 N–H and O–H groups in total. The zero-order valence-corrected chi connectivity index (χ0v) is 12.6. The quantitative estimate of drug-likeness (QED) is 0.564. The van der Waals surface area contributed by atoms with Crippen molar-refractivity contribution in [2.45, 2.75) is 0 Å². The van der Waals surface area contributed by atoms with Crippen molar-refractivity contribution in [2.24, 2.45) is 10.3 Å². The molecule has 0 amide bonds. The molecule has 6 heteroatoms. The molecular formula is C14H13Cl2N3O. The number of nitrogens with zero attached hydrogens (tertiary/aromatic N) is 3. The Morgan fingerprint density at radius 1 is 0.950 bits per heavy atom. The molecule has 0 saturated carbocycles. The molecule has 0 aliphatic heterocycles. The lowest BCUT2D eigenvalue weighted by atomic mass is 10.3. The van der Waals surface area contributed by atoms with Crippen molar-refractivity contribution < 1.29 is 4.74 Å². The van der Waals surface area contributed by atoms with E-state index in [9.17, 15) is 0 Å². The molecule has 0 aliphatic rings. The zero-order valence-electron chi connectivity index (χ0n) is 11.0. The third-order valence-corrected chi connectivity index (χ3v) is 2.78. The number of ether oxygens (including phenoxy) is 1. The van der Waals surface area contributed by atoms with Gasteiger partial charge in [-0.25, -0.2) is 0 Å². The summed E-state index contributed by atoms with van der Waals surface area (Å²) in [6, 6.07) is 12.3. The number of halogens is 2. The van der Waals surface area contributed by atoms with Crippen molar-refractivity contribution in [1.82, 2.24) is 5.01 Å². The molecule has 4 nitrogen and oxygen atoms in total. The Hall–Kier alpha value is -1.78. The summed E-state index contributed by atoms with van der Waals surface area (Å²) in [6.45, 7) is 0. The topological polar surface area (TPSA) is 37.2 Å². The monoisotopic (exact) mass is 309 g/mol. The summed E-state index contributed by atoms with van der Waals surface area (Å²) in [7, 11) is 3.57. The molecule has 20 heavy (non-hydrogen) atoms. The normalized spacial score (nSPS) is 10.8. The Bertz CT molecular complexity index is 612. The SMILES string of the molecule is CN(C)N=Nc1cc(Cl)ccc1Oc1ccc(Cl)cc1. The number of hydrogen-bond donors (Lipinski definition) is 0. The van der Waals surface area contributed by atoms with Crippen LogP contribution < -0.4 is 4.74 Å². The highest BCUT2D eigenvalue weighted by Gasteiger charge is 2.06. The predicted molar refractivity (Wildman–Crippen MR) is 81.2 cm³/mol. The minimum Gasteiger partial charge on any atom is -0.455 e. The van der Waals surface area contributed by atoms with Crippen LogP contribution in [0.25, 0.3) is 0 Å². The summed E-state index contributed by atoms with van der Waals surface area (Å²) in [5, 5.41) is 10.9. The van der Waals surface area contributed by atoms with Gasteiger partial charge >= 0.3 is 0 Å². The number of hydrogen-bond acceptors (Lipinski definition) is 3. The molecule has 104 valence electrons. The fraction of sp³-hybridized carbons (Fsp3) is 0.143. The average Bonchev–Trinajstić information content (AvgIpc) is 2.41. The third kappa shape index (κ3) is 4.11. The Balaban J connectivity index is 2.28. The highest BCUT2D eigenvalue weighted by atomic mass is 35.5. The van der Waals surface area contributed by atoms with Gasteiger partial charge in [-0.3, -0.25) is 5.01 Å². The molecule has 2 rings (SSSR count). The van der Waals surface area contributed by atoms with Gasteiger partial charge < -0.3 is 4.74 Å². The lowest BCUT2D eigenvalue weighted by Crippen LogP contribution is -1.99. The molecule has 0 aliphatic carbocycles. The summed E-state index contributed by atoms with van der Waals surface area (Å²) in [4.78, 5) is 0. The maximum absolute atomic E-state index is 5.97. The van der Waals surface area contributed by atoms with E-state index in [2.05, 4.69) is 10.3 Å². The van der Waals surface area contributed by atoms with E-state index in [4.69, 9.17) is 27.9 Å². The first-order valence-corrected chi connectivity index (χ1v) is 6.62. The molecule has 0 fully saturated rings. The van der Waals surface area contributed by atoms with Gasteiger partial charge in [0.25, 0.3) is 0 Å². The van der Waals surface area contributed by atoms with Crippen LogP contribution in [0.1, 0.15) is 0 Å². The van der Waals surface area contributed by atoms with E-state index >= 15 is 0 Å². The van der Waals surface area contributed by atoms with Crippen LogP contribution in [0, 0.1) is 0 Å². The second-order valence-corrected chi connectivity index (χ2v) is 5.08. The lowest BCUT2D eigenvalue weighted by Gasteiger charge is -2.09. The van der Waals surface area contributed by atoms with Crippen LogP contribution in [0.2, 0.25) is 10.0 Å². The second-order valence-electron chi connectivity index (χ2n) is 4.20. The van der Waals surface area contributed by atoms with Gasteiger partial charge in [-0.05, 0) is 42.5 Å². The van der Waals surface area contributed by atoms with Crippen LogP contribution in [0.3, 0.4) is 0 Å². The summed E-state index contributed by atoms with van der Waals surface area (Å²) in [5.41, 5.74) is 0.557. The lowest BCUT2D eigenvalue weighted by molar-refractivity contribution is 0.406. The minimum absolute atomic E-state index is 0.557. The third-order valence-electron chi connectivity index (χ3n) is 2.29. The van der Waals surface area contributed by atoms with Gasteiger partial charge in [0, 0.05) is 24.1 Å². The molecule has 0 saturated heterocycles. The van der Waals surface area contributed by atoms with Crippen molar-refractivity contribution >= 4 is 28.9 Å². The summed E-state index contributed by atoms with van der Waals surface area (Å²) >= 11 is 11.8. The molecule has 2 aromatic rings. The van der Waals surface area contributed by atoms with Gasteiger partial charge in [0.05, 0.1) is 0 Å². The number of benzene rings is 2. The Labute approximate surface area is 127 Å². The zero-order chi connectivity index (χ0) is 14.5. The molecule has 2 aromatic carbocycles. The highest BCUT2D eigenvalue weighted by molar-refractivity contribution is 6.31. The van der Waals surface area contributed by atoms with E-state index in [1.165, 1.54) is 0 Å². The minimum atomic E-state index is 0.557. The summed E-state index contributed by atoms with van der Waals surface area (Å²) in [6.07, 6.45) is 0. The van der Waals surface area contributed by atoms with E-state index < -0.39 is 0 Å². The van der Waals surface area contributed by atoms with Crippen LogP contribution in [-0.4, -0.2) is 19.1 Å². The predicted octanol–water partition coefficient (Wildman–Crippen LogP) is 5.35. The van der Waals surface area contributed by atoms with Gasteiger partial charge in [-0.2, -0.15) is 0 Å². The Morgan fingerprint density at radius 2 is 1.60 bits per heavy atom. The molecule has 0 heterocycles. The standard InChI is InChI=1S/C14H13Cl2N3O/c1-19(2)18-17-13-9-11(16)5-8-14(13)20-12-6-3-10(15)4-7-12/h3-9H,1-2H3. The van der Waals surface area contributed by atoms with Crippen molar-refractivity contribution in [3.05, 3.63) is 52.5 Å². The van der Waals surface area contributed by atoms with Crippen molar-refractivity contribution in [3.63, 3.8) is 0 Å². The smallest absolute Gasteiger partial charge is 0.155 e. The van der Waals surface area contributed by atoms with E-state index in [0.29, 0.717) is 27.2 Å². The van der Waals surface area contributed by atoms with Crippen LogP contribution >= 0.6 is 23.2 Å². The van der Waals surface area contributed by atoms with Crippen molar-refractivity contribution in [1.29, 1.82) is 0 Å². The average molecular weight is 310 g/mol. The molecule has 0 atom stereocenters. The summed E-state index contributed by atoms with van der Waals surface area (Å²) < 4.78 is 5.76. The Kier molecular flexibility index (Phi) is 4.82. The van der Waals surface area contributed by atoms with E-state index in [1.54, 1.807) is 61.6 Å². The molecule has 0 radical (unpaired) electrons. The second kappa shape index (κ2) is 6.59. The molecule has 0 aromatic heterocycles. The first-order chi connectivity index (χ1) is 9.54. The van der Waals surface area contributed by atoms with Crippen molar-refractivity contribution in [2.75, 3.05) is 14.1 Å². The molecule has 0 unspecified atom stereocenters. The van der Waals surface area contributed by atoms with E-state index in [1.807, 2.05) is 0 Å². The van der Waals surface area contributed by atoms with E-state index in [0.717, 1.165) is 0 Å². The van der Waals surface area contributed by atoms with Gasteiger partial charge in [0.15, 0.2) is 5.75 Å². The highest BCUT2D eigenvalue weighted by Crippen LogP contribution is 2.34. The molecule has 0 bridgehead atoms. The van der Waals surface area contributed by atoms with Crippen LogP contribution in [0.15, 0.2) is 52.8 Å². The largest absolute Gasteiger partial charge is 0.455 e. The first-order valence-electron chi connectivity index (χ1n) is 5.86. The summed E-state index contributed by atoms with van der Waals surface area (Å²) in [5.74, 6) is 1.24. The maximum atomic E-state index is 5.97. The first kappa shape index (κ1) is 14.6. The van der Waals surface area contributed by atoms with Gasteiger partial charge in [0.2, 0.25) is 0 Å². The van der Waals surface area contributed by atoms with Crippen LogP contribution in [-0.2, 0) is 0 Å². The van der Waals surface area contributed by atoms with Gasteiger partial charge in [0.1, 0.15) is 11.4 Å². The maximum Gasteiger partial charge on any atom is 0.155 e. The molecular weight excluding hydrogens is 297 g/mol. The Morgan fingerprint density at radius 3 is 2.25 bits per heavy atom. The number of rotatable bonds is 4. The molecule has 0 spiro atoms.